The first kappa shape index (κ1) is 11.0. The van der Waals surface area contributed by atoms with Crippen LogP contribution in [-0.2, 0) is 17.2 Å². The Bertz CT molecular complexity index is 301. The van der Waals surface area contributed by atoms with Crippen molar-refractivity contribution in [3.8, 4) is 0 Å². The van der Waals surface area contributed by atoms with Crippen LogP contribution in [0.3, 0.4) is 0 Å². The minimum absolute atomic E-state index is 0.604. The lowest BCUT2D eigenvalue weighted by atomic mass is 10.7. The Hall–Kier alpha value is -1.01. The molecule has 68 valence electrons. The lowest BCUT2D eigenvalue weighted by Gasteiger charge is -1.90. The SMILES string of the molecule is CS(=O)(=O)[O-].C[n+]1cccnc1. The largest absolute Gasteiger partial charge is 0.748 e. The highest BCUT2D eigenvalue weighted by Crippen LogP contribution is 1.64. The normalized spacial score (nSPS) is 9.92. The van der Waals surface area contributed by atoms with Gasteiger partial charge < -0.3 is 4.55 Å². The highest BCUT2D eigenvalue weighted by molar-refractivity contribution is 7.84. The van der Waals surface area contributed by atoms with E-state index in [2.05, 4.69) is 4.98 Å². The van der Waals surface area contributed by atoms with Crippen LogP contribution in [0.1, 0.15) is 0 Å². The summed E-state index contributed by atoms with van der Waals surface area (Å²) in [5, 5.41) is 0. The van der Waals surface area contributed by atoms with E-state index in [1.54, 1.807) is 12.5 Å². The molecule has 0 aliphatic carbocycles. The van der Waals surface area contributed by atoms with E-state index in [1.165, 1.54) is 0 Å². The molecule has 0 spiro atoms. The topological polar surface area (TPSA) is 74.0 Å². The van der Waals surface area contributed by atoms with E-state index < -0.39 is 10.1 Å². The molecular weight excluding hydrogens is 180 g/mol. The highest BCUT2D eigenvalue weighted by atomic mass is 32.2. The number of hydrogen-bond acceptors (Lipinski definition) is 4. The van der Waals surface area contributed by atoms with Gasteiger partial charge in [0.2, 0.25) is 0 Å². The van der Waals surface area contributed by atoms with Gasteiger partial charge >= 0.3 is 0 Å². The smallest absolute Gasteiger partial charge is 0.285 e. The molecule has 5 nitrogen and oxygen atoms in total. The summed E-state index contributed by atoms with van der Waals surface area (Å²) in [4.78, 5) is 3.85. The molecule has 0 fully saturated rings. The number of rotatable bonds is 0. The maximum absolute atomic E-state index is 9.08. The van der Waals surface area contributed by atoms with Crippen molar-refractivity contribution < 1.29 is 17.5 Å². The van der Waals surface area contributed by atoms with Gasteiger partial charge in [-0.1, -0.05) is 4.98 Å². The summed E-state index contributed by atoms with van der Waals surface area (Å²) in [5.41, 5.74) is 0. The van der Waals surface area contributed by atoms with Gasteiger partial charge in [0.05, 0.1) is 23.4 Å². The second-order valence-electron chi connectivity index (χ2n) is 2.12. The van der Waals surface area contributed by atoms with Gasteiger partial charge in [-0.25, -0.2) is 13.0 Å². The Morgan fingerprint density at radius 2 is 2.00 bits per heavy atom. The Morgan fingerprint density at radius 3 is 2.17 bits per heavy atom. The van der Waals surface area contributed by atoms with E-state index in [-0.39, 0.29) is 0 Å². The molecule has 1 aromatic heterocycles. The average molecular weight is 190 g/mol. The minimum atomic E-state index is -3.92. The molecule has 0 atom stereocenters. The average Bonchev–Trinajstić information content (AvgIpc) is 1.85. The van der Waals surface area contributed by atoms with Crippen molar-refractivity contribution >= 4 is 10.1 Å². The van der Waals surface area contributed by atoms with Crippen molar-refractivity contribution in [3.63, 3.8) is 0 Å². The molecule has 1 heterocycles. The van der Waals surface area contributed by atoms with Crippen LogP contribution in [0, 0.1) is 0 Å². The van der Waals surface area contributed by atoms with E-state index in [0.717, 1.165) is 0 Å². The van der Waals surface area contributed by atoms with Crippen molar-refractivity contribution in [2.24, 2.45) is 7.05 Å². The lowest BCUT2D eigenvalue weighted by Crippen LogP contribution is -2.26. The van der Waals surface area contributed by atoms with Crippen LogP contribution in [0.5, 0.6) is 0 Å². The molecule has 0 N–H and O–H groups in total. The number of aryl methyl sites for hydroxylation is 1. The standard InChI is InChI=1S/C5H7N2.CH4O3S/c1-7-4-2-3-6-5-7;1-5(2,3)4/h2-5H,1H3;1H3,(H,2,3,4)/q+1;/p-1. The summed E-state index contributed by atoms with van der Waals surface area (Å²) in [6.07, 6.45) is 6.04. The second kappa shape index (κ2) is 4.78. The zero-order valence-corrected chi connectivity index (χ0v) is 7.65. The van der Waals surface area contributed by atoms with Crippen molar-refractivity contribution in [3.05, 3.63) is 24.8 Å². The molecule has 0 aliphatic heterocycles. The van der Waals surface area contributed by atoms with Gasteiger partial charge in [0, 0.05) is 12.3 Å². The van der Waals surface area contributed by atoms with Gasteiger partial charge in [-0.15, -0.1) is 0 Å². The molecular formula is C6H10N2O3S. The predicted octanol–water partition coefficient (Wildman–Crippen LogP) is -0.932. The third-order valence-corrected chi connectivity index (χ3v) is 0.742. The molecule has 0 bridgehead atoms. The zero-order valence-electron chi connectivity index (χ0n) is 6.84. The van der Waals surface area contributed by atoms with E-state index in [0.29, 0.717) is 6.26 Å². The van der Waals surface area contributed by atoms with Crippen LogP contribution in [0.2, 0.25) is 0 Å². The monoisotopic (exact) mass is 190 g/mol. The molecule has 0 saturated carbocycles. The van der Waals surface area contributed by atoms with Crippen LogP contribution >= 0.6 is 0 Å². The molecule has 0 amide bonds. The fourth-order valence-electron chi connectivity index (χ4n) is 0.406. The zero-order chi connectivity index (χ0) is 9.61. The number of aromatic nitrogens is 2. The summed E-state index contributed by atoms with van der Waals surface area (Å²) in [6, 6.07) is 1.89. The first-order valence-electron chi connectivity index (χ1n) is 3.05. The lowest BCUT2D eigenvalue weighted by molar-refractivity contribution is -0.674. The minimum Gasteiger partial charge on any atom is -0.748 e. The fourth-order valence-corrected chi connectivity index (χ4v) is 0.406. The summed E-state index contributed by atoms with van der Waals surface area (Å²) < 4.78 is 29.1. The first-order valence-corrected chi connectivity index (χ1v) is 4.87. The number of hydrogen-bond donors (Lipinski definition) is 0. The molecule has 1 rings (SSSR count). The van der Waals surface area contributed by atoms with Crippen molar-refractivity contribution in [2.45, 2.75) is 0 Å². The third-order valence-electron chi connectivity index (χ3n) is 0.742. The van der Waals surface area contributed by atoms with Gasteiger partial charge in [0.15, 0.2) is 0 Å². The Kier molecular flexibility index (Phi) is 4.38. The van der Waals surface area contributed by atoms with Gasteiger partial charge in [0.1, 0.15) is 6.20 Å². The Morgan fingerprint density at radius 1 is 1.50 bits per heavy atom. The molecule has 0 unspecified atom stereocenters. The van der Waals surface area contributed by atoms with Crippen LogP contribution in [0.15, 0.2) is 24.8 Å². The summed E-state index contributed by atoms with van der Waals surface area (Å²) >= 11 is 0. The molecule has 12 heavy (non-hydrogen) atoms. The van der Waals surface area contributed by atoms with Crippen LogP contribution in [0.4, 0.5) is 0 Å². The van der Waals surface area contributed by atoms with E-state index in [4.69, 9.17) is 13.0 Å². The number of nitrogens with zero attached hydrogens (tertiary/aromatic N) is 2. The molecule has 0 aliphatic rings. The predicted molar refractivity (Wildman–Crippen MR) is 41.0 cm³/mol. The van der Waals surface area contributed by atoms with Crippen molar-refractivity contribution in [1.29, 1.82) is 0 Å². The maximum Gasteiger partial charge on any atom is 0.285 e. The first-order chi connectivity index (χ1) is 5.39. The van der Waals surface area contributed by atoms with Crippen LogP contribution in [-0.4, -0.2) is 24.2 Å². The van der Waals surface area contributed by atoms with E-state index >= 15 is 0 Å². The molecule has 0 saturated heterocycles. The molecule has 0 aromatic carbocycles. The maximum atomic E-state index is 9.08. The third kappa shape index (κ3) is 11.7. The van der Waals surface area contributed by atoms with Crippen LogP contribution < -0.4 is 4.57 Å². The molecule has 1 aromatic rings. The van der Waals surface area contributed by atoms with Gasteiger partial charge in [-0.3, -0.25) is 0 Å². The second-order valence-corrected chi connectivity index (χ2v) is 3.53. The van der Waals surface area contributed by atoms with E-state index in [1.807, 2.05) is 23.9 Å². The quantitative estimate of drug-likeness (QED) is 0.391. The summed E-state index contributed by atoms with van der Waals surface area (Å²) in [6.45, 7) is 0. The highest BCUT2D eigenvalue weighted by Gasteiger charge is 1.79. The Balaban J connectivity index is 0.000000217. The van der Waals surface area contributed by atoms with Gasteiger partial charge in [-0.05, 0) is 0 Å². The summed E-state index contributed by atoms with van der Waals surface area (Å²) in [7, 11) is -1.98. The van der Waals surface area contributed by atoms with Gasteiger partial charge in [0.25, 0.3) is 6.33 Å². The summed E-state index contributed by atoms with van der Waals surface area (Å²) in [5.74, 6) is 0. The van der Waals surface area contributed by atoms with Crippen LogP contribution in [0.25, 0.3) is 0 Å². The van der Waals surface area contributed by atoms with Crippen molar-refractivity contribution in [1.82, 2.24) is 4.98 Å². The molecule has 6 heteroatoms. The fraction of sp³-hybridized carbons (Fsp3) is 0.333. The van der Waals surface area contributed by atoms with Crippen molar-refractivity contribution in [2.75, 3.05) is 6.26 Å². The van der Waals surface area contributed by atoms with E-state index in [9.17, 15) is 0 Å². The Labute approximate surface area is 71.4 Å². The van der Waals surface area contributed by atoms with Gasteiger partial charge in [-0.2, -0.15) is 0 Å². The molecule has 0 radical (unpaired) electrons.